The Hall–Kier alpha value is -1.90. The Labute approximate surface area is 177 Å². The minimum absolute atomic E-state index is 0. The molecule has 146 valence electrons. The molecule has 1 aromatic carbocycles. The molecule has 1 aliphatic rings. The van der Waals surface area contributed by atoms with Gasteiger partial charge in [-0.05, 0) is 5.56 Å². The predicted molar refractivity (Wildman–Crippen MR) is 86.0 cm³/mol. The van der Waals surface area contributed by atoms with Crippen molar-refractivity contribution >= 4 is 28.4 Å². The third kappa shape index (κ3) is 6.64. The Balaban J connectivity index is 0. The van der Waals surface area contributed by atoms with Crippen LogP contribution in [0.1, 0.15) is 6.99 Å². The van der Waals surface area contributed by atoms with Crippen molar-refractivity contribution in [2.45, 2.75) is 18.7 Å². The molecule has 2 atom stereocenters. The van der Waals surface area contributed by atoms with Crippen LogP contribution < -0.4 is 40.6 Å². The number of ether oxygens (including phenoxy) is 2. The van der Waals surface area contributed by atoms with Gasteiger partial charge >= 0.3 is 52.0 Å². The average Bonchev–Trinajstić information content (AvgIpc) is 2.53. The van der Waals surface area contributed by atoms with E-state index in [1.54, 1.807) is 30.3 Å². The maximum absolute atomic E-state index is 11.8. The van der Waals surface area contributed by atoms with Crippen molar-refractivity contribution in [3.05, 3.63) is 35.9 Å². The van der Waals surface area contributed by atoms with Gasteiger partial charge in [0, 0.05) is 0 Å². The van der Waals surface area contributed by atoms with Crippen molar-refractivity contribution < 1.29 is 73.3 Å². The number of rotatable bonds is 6. The SMILES string of the molecule is NC(=O)OCC1C(NC(=O)OCc2ccccc2)C(=O)N1S(=O)(=O)O.O.[H-].[Na+]. The van der Waals surface area contributed by atoms with Crippen molar-refractivity contribution in [2.75, 3.05) is 6.61 Å². The van der Waals surface area contributed by atoms with Crippen molar-refractivity contribution in [3.63, 3.8) is 0 Å². The number of hydrogen-bond donors (Lipinski definition) is 3. The van der Waals surface area contributed by atoms with Gasteiger partial charge in [0.05, 0.1) is 0 Å². The minimum Gasteiger partial charge on any atom is -1.00 e. The van der Waals surface area contributed by atoms with Gasteiger partial charge < -0.3 is 27.4 Å². The number of carbonyl (C=O) groups excluding carboxylic acids is 3. The second kappa shape index (κ2) is 10.4. The van der Waals surface area contributed by atoms with E-state index in [2.05, 4.69) is 10.1 Å². The van der Waals surface area contributed by atoms with Gasteiger partial charge in [-0.2, -0.15) is 8.42 Å². The minimum atomic E-state index is -4.88. The molecule has 0 aliphatic carbocycles. The Morgan fingerprint density at radius 2 is 1.85 bits per heavy atom. The van der Waals surface area contributed by atoms with E-state index in [4.69, 9.17) is 15.0 Å². The van der Waals surface area contributed by atoms with Crippen LogP contribution >= 0.6 is 0 Å². The maximum atomic E-state index is 11.8. The van der Waals surface area contributed by atoms with Crippen molar-refractivity contribution in [1.29, 1.82) is 0 Å². The average molecular weight is 415 g/mol. The molecule has 27 heavy (non-hydrogen) atoms. The van der Waals surface area contributed by atoms with Gasteiger partial charge in [0.2, 0.25) is 0 Å². The van der Waals surface area contributed by atoms with Crippen LogP contribution in [-0.2, 0) is 31.2 Å². The Kier molecular flexibility index (Phi) is 9.70. The van der Waals surface area contributed by atoms with E-state index in [-0.39, 0.29) is 47.4 Å². The van der Waals surface area contributed by atoms with Crippen LogP contribution in [-0.4, -0.2) is 59.5 Å². The monoisotopic (exact) mass is 415 g/mol. The number of nitrogens with zero attached hydrogens (tertiary/aromatic N) is 1. The Morgan fingerprint density at radius 3 is 2.37 bits per heavy atom. The fourth-order valence-corrected chi connectivity index (χ4v) is 3.05. The Bertz CT molecular complexity index is 781. The summed E-state index contributed by atoms with van der Waals surface area (Å²) in [6.45, 7) is -0.706. The zero-order valence-electron chi connectivity index (χ0n) is 15.2. The fraction of sp³-hybridized carbons (Fsp3) is 0.308. The number of nitrogens with one attached hydrogen (secondary N) is 1. The second-order valence-electron chi connectivity index (χ2n) is 4.99. The van der Waals surface area contributed by atoms with Crippen molar-refractivity contribution in [2.24, 2.45) is 5.73 Å². The molecule has 1 aliphatic heterocycles. The first kappa shape index (κ1) is 25.1. The number of β-lactam (4-membered cyclic amide) rings is 1. The molecule has 1 saturated heterocycles. The number of nitrogens with two attached hydrogens (primary N) is 1. The second-order valence-corrected chi connectivity index (χ2v) is 6.28. The molecule has 6 N–H and O–H groups in total. The van der Waals surface area contributed by atoms with E-state index in [0.29, 0.717) is 5.56 Å². The third-order valence-electron chi connectivity index (χ3n) is 3.30. The largest absolute Gasteiger partial charge is 1.00 e. The smallest absolute Gasteiger partial charge is 1.00 e. The Morgan fingerprint density at radius 1 is 1.26 bits per heavy atom. The molecule has 1 heterocycles. The van der Waals surface area contributed by atoms with Crippen LogP contribution in [0.2, 0.25) is 0 Å². The standard InChI is InChI=1S/C13H15N3O8S.Na.H2O.H/c14-12(18)23-7-9-10(11(17)16(9)25(20,21)22)15-13(19)24-6-8-4-2-1-3-5-8;;;/h1-5,9-10H,6-7H2,(H2,14,18)(H,15,19)(H,20,21,22);;1H2;/q;+1;;-1. The number of hydrogen-bond acceptors (Lipinski definition) is 7. The quantitative estimate of drug-likeness (QED) is 0.235. The van der Waals surface area contributed by atoms with Gasteiger partial charge in [0.15, 0.2) is 0 Å². The molecule has 0 bridgehead atoms. The van der Waals surface area contributed by atoms with Gasteiger partial charge in [-0.25, -0.2) is 13.9 Å². The summed E-state index contributed by atoms with van der Waals surface area (Å²) in [7, 11) is -4.88. The van der Waals surface area contributed by atoms with E-state index in [1.807, 2.05) is 0 Å². The number of alkyl carbamates (subject to hydrolysis) is 1. The normalized spacial score (nSPS) is 18.3. The van der Waals surface area contributed by atoms with E-state index in [1.165, 1.54) is 0 Å². The topological polar surface area (TPSA) is 197 Å². The van der Waals surface area contributed by atoms with Crippen LogP contribution in [0.15, 0.2) is 30.3 Å². The molecule has 14 heteroatoms. The van der Waals surface area contributed by atoms with Gasteiger partial charge in [0.1, 0.15) is 25.3 Å². The molecule has 0 spiro atoms. The number of primary amides is 1. The molecule has 12 nitrogen and oxygen atoms in total. The summed E-state index contributed by atoms with van der Waals surface area (Å²) in [6.07, 6.45) is -2.19. The zero-order chi connectivity index (χ0) is 18.6. The van der Waals surface area contributed by atoms with Crippen LogP contribution in [0.25, 0.3) is 0 Å². The molecule has 2 rings (SSSR count). The molecule has 3 amide bonds. The summed E-state index contributed by atoms with van der Waals surface area (Å²) in [5.41, 5.74) is 5.48. The fourth-order valence-electron chi connectivity index (χ4n) is 2.18. The van der Waals surface area contributed by atoms with E-state index in [0.717, 1.165) is 0 Å². The van der Waals surface area contributed by atoms with Gasteiger partial charge in [0.25, 0.3) is 5.91 Å². The van der Waals surface area contributed by atoms with E-state index < -0.39 is 47.1 Å². The van der Waals surface area contributed by atoms with Crippen LogP contribution in [0, 0.1) is 0 Å². The summed E-state index contributed by atoms with van der Waals surface area (Å²) in [6, 6.07) is 6.00. The van der Waals surface area contributed by atoms with Crippen LogP contribution in [0.4, 0.5) is 9.59 Å². The van der Waals surface area contributed by atoms with Crippen molar-refractivity contribution in [3.8, 4) is 0 Å². The first-order valence-electron chi connectivity index (χ1n) is 6.90. The third-order valence-corrected chi connectivity index (χ3v) is 4.25. The van der Waals surface area contributed by atoms with E-state index in [9.17, 15) is 22.8 Å². The van der Waals surface area contributed by atoms with Crippen LogP contribution in [0.5, 0.6) is 0 Å². The van der Waals surface area contributed by atoms with Gasteiger partial charge in [-0.3, -0.25) is 9.35 Å². The molecule has 0 aromatic heterocycles. The summed E-state index contributed by atoms with van der Waals surface area (Å²) in [5, 5.41) is 2.15. The van der Waals surface area contributed by atoms with Gasteiger partial charge in [-0.15, -0.1) is 0 Å². The molecule has 1 fully saturated rings. The maximum Gasteiger partial charge on any atom is 1.00 e. The summed E-state index contributed by atoms with van der Waals surface area (Å²) in [4.78, 5) is 34.2. The number of benzene rings is 1. The first-order valence-corrected chi connectivity index (χ1v) is 8.30. The van der Waals surface area contributed by atoms with Gasteiger partial charge in [-0.1, -0.05) is 30.3 Å². The van der Waals surface area contributed by atoms with E-state index >= 15 is 0 Å². The molecular weight excluding hydrogens is 397 g/mol. The molecule has 1 aromatic rings. The molecule has 0 radical (unpaired) electrons. The van der Waals surface area contributed by atoms with Crippen molar-refractivity contribution in [1.82, 2.24) is 9.62 Å². The molecule has 0 saturated carbocycles. The number of carbonyl (C=O) groups is 3. The summed E-state index contributed by atoms with van der Waals surface area (Å²) in [5.74, 6) is -1.10. The number of amides is 3. The summed E-state index contributed by atoms with van der Waals surface area (Å²) < 4.78 is 40.8. The predicted octanol–water partition coefficient (Wildman–Crippen LogP) is -4.32. The molecular formula is C13H18N3NaO9S. The first-order chi connectivity index (χ1) is 11.7. The summed E-state index contributed by atoms with van der Waals surface area (Å²) >= 11 is 0. The zero-order valence-corrected chi connectivity index (χ0v) is 17.0. The van der Waals surface area contributed by atoms with Crippen LogP contribution in [0.3, 0.4) is 0 Å². The molecule has 2 unspecified atom stereocenters.